The second-order valence-corrected chi connectivity index (χ2v) is 5.27. The van der Waals surface area contributed by atoms with E-state index < -0.39 is 0 Å². The molecule has 1 saturated heterocycles. The predicted molar refractivity (Wildman–Crippen MR) is 78.3 cm³/mol. The predicted octanol–water partition coefficient (Wildman–Crippen LogP) is 2.24. The van der Waals surface area contributed by atoms with Gasteiger partial charge in [0.2, 0.25) is 0 Å². The van der Waals surface area contributed by atoms with E-state index in [0.717, 1.165) is 43.9 Å². The maximum absolute atomic E-state index is 5.88. The Morgan fingerprint density at radius 2 is 2.37 bits per heavy atom. The van der Waals surface area contributed by atoms with Gasteiger partial charge < -0.3 is 15.4 Å². The Kier molecular flexibility index (Phi) is 5.16. The van der Waals surface area contributed by atoms with Crippen LogP contribution in [0.15, 0.2) is 12.3 Å². The third-order valence-corrected chi connectivity index (χ3v) is 3.58. The molecule has 2 rings (SSSR count). The van der Waals surface area contributed by atoms with Crippen LogP contribution in [-0.4, -0.2) is 30.8 Å². The van der Waals surface area contributed by atoms with Crippen molar-refractivity contribution in [2.45, 2.75) is 45.8 Å². The molecular weight excluding hydrogens is 238 g/mol. The summed E-state index contributed by atoms with van der Waals surface area (Å²) in [7, 11) is 0. The first kappa shape index (κ1) is 14.3. The molecule has 2 heterocycles. The van der Waals surface area contributed by atoms with Gasteiger partial charge in [0.25, 0.3) is 0 Å². The standard InChI is InChI=1S/C15H25N3O/c1-3-7-19-14-5-4-6-18(11-14)15-12(2)8-13(9-16)10-17-15/h8,10,14H,3-7,9,11,16H2,1-2H3. The second kappa shape index (κ2) is 6.87. The number of aromatic nitrogens is 1. The second-order valence-electron chi connectivity index (χ2n) is 5.27. The van der Waals surface area contributed by atoms with Crippen LogP contribution in [0, 0.1) is 6.92 Å². The van der Waals surface area contributed by atoms with E-state index in [2.05, 4.69) is 29.8 Å². The molecule has 0 saturated carbocycles. The zero-order valence-corrected chi connectivity index (χ0v) is 12.1. The molecule has 4 nitrogen and oxygen atoms in total. The molecule has 106 valence electrons. The fraction of sp³-hybridized carbons (Fsp3) is 0.667. The van der Waals surface area contributed by atoms with Crippen LogP contribution in [0.1, 0.15) is 37.3 Å². The van der Waals surface area contributed by atoms with Gasteiger partial charge in [0.15, 0.2) is 0 Å². The fourth-order valence-corrected chi connectivity index (χ4v) is 2.62. The van der Waals surface area contributed by atoms with E-state index in [0.29, 0.717) is 12.6 Å². The number of pyridine rings is 1. The van der Waals surface area contributed by atoms with E-state index in [4.69, 9.17) is 10.5 Å². The average molecular weight is 263 g/mol. The van der Waals surface area contributed by atoms with Gasteiger partial charge >= 0.3 is 0 Å². The summed E-state index contributed by atoms with van der Waals surface area (Å²) in [6.45, 7) is 7.70. The highest BCUT2D eigenvalue weighted by atomic mass is 16.5. The maximum atomic E-state index is 5.88. The van der Waals surface area contributed by atoms with Crippen molar-refractivity contribution in [3.8, 4) is 0 Å². The molecule has 4 heteroatoms. The minimum absolute atomic E-state index is 0.351. The molecule has 2 N–H and O–H groups in total. The van der Waals surface area contributed by atoms with Crippen LogP contribution >= 0.6 is 0 Å². The summed E-state index contributed by atoms with van der Waals surface area (Å²) in [5, 5.41) is 0. The monoisotopic (exact) mass is 263 g/mol. The lowest BCUT2D eigenvalue weighted by atomic mass is 10.1. The van der Waals surface area contributed by atoms with E-state index >= 15 is 0 Å². The Balaban J connectivity index is 2.04. The summed E-state index contributed by atoms with van der Waals surface area (Å²) < 4.78 is 5.88. The van der Waals surface area contributed by atoms with Crippen molar-refractivity contribution in [2.75, 3.05) is 24.6 Å². The summed E-state index contributed by atoms with van der Waals surface area (Å²) in [5.74, 6) is 1.09. The van der Waals surface area contributed by atoms with Crippen LogP contribution in [0.4, 0.5) is 5.82 Å². The highest BCUT2D eigenvalue weighted by Crippen LogP contribution is 2.23. The largest absolute Gasteiger partial charge is 0.376 e. The molecule has 1 aromatic heterocycles. The van der Waals surface area contributed by atoms with Gasteiger partial charge in [-0.2, -0.15) is 0 Å². The third-order valence-electron chi connectivity index (χ3n) is 3.58. The Hall–Kier alpha value is -1.13. The highest BCUT2D eigenvalue weighted by molar-refractivity contribution is 5.47. The van der Waals surface area contributed by atoms with Gasteiger partial charge in [-0.1, -0.05) is 6.92 Å². The zero-order valence-electron chi connectivity index (χ0n) is 12.1. The van der Waals surface area contributed by atoms with E-state index in [1.807, 2.05) is 6.20 Å². The quantitative estimate of drug-likeness (QED) is 0.885. The van der Waals surface area contributed by atoms with Gasteiger partial charge in [-0.05, 0) is 43.4 Å². The number of aryl methyl sites for hydroxylation is 1. The number of hydrogen-bond donors (Lipinski definition) is 1. The van der Waals surface area contributed by atoms with Gasteiger partial charge in [-0.15, -0.1) is 0 Å². The van der Waals surface area contributed by atoms with Crippen molar-refractivity contribution in [3.63, 3.8) is 0 Å². The Bertz CT molecular complexity index is 408. The highest BCUT2D eigenvalue weighted by Gasteiger charge is 2.22. The average Bonchev–Trinajstić information content (AvgIpc) is 2.45. The van der Waals surface area contributed by atoms with Crippen LogP contribution in [0.2, 0.25) is 0 Å². The molecule has 0 aromatic carbocycles. The van der Waals surface area contributed by atoms with Crippen LogP contribution < -0.4 is 10.6 Å². The van der Waals surface area contributed by atoms with E-state index in [9.17, 15) is 0 Å². The molecule has 1 aliphatic heterocycles. The summed E-state index contributed by atoms with van der Waals surface area (Å²) in [6.07, 6.45) is 5.66. The number of nitrogens with zero attached hydrogens (tertiary/aromatic N) is 2. The first-order valence-corrected chi connectivity index (χ1v) is 7.26. The number of hydrogen-bond acceptors (Lipinski definition) is 4. The van der Waals surface area contributed by atoms with Crippen molar-refractivity contribution < 1.29 is 4.74 Å². The summed E-state index contributed by atoms with van der Waals surface area (Å²) in [5.41, 5.74) is 7.95. The molecule has 0 aliphatic carbocycles. The third kappa shape index (κ3) is 3.67. The van der Waals surface area contributed by atoms with Crippen molar-refractivity contribution in [1.29, 1.82) is 0 Å². The minimum atomic E-state index is 0.351. The van der Waals surface area contributed by atoms with Gasteiger partial charge in [0.1, 0.15) is 5.82 Å². The number of nitrogens with two attached hydrogens (primary N) is 1. The van der Waals surface area contributed by atoms with E-state index in [1.165, 1.54) is 12.0 Å². The first-order valence-electron chi connectivity index (χ1n) is 7.26. The molecule has 1 fully saturated rings. The van der Waals surface area contributed by atoms with Crippen LogP contribution in [-0.2, 0) is 11.3 Å². The van der Waals surface area contributed by atoms with Crippen molar-refractivity contribution in [1.82, 2.24) is 4.98 Å². The molecule has 1 aromatic rings. The van der Waals surface area contributed by atoms with Crippen molar-refractivity contribution in [2.24, 2.45) is 5.73 Å². The van der Waals surface area contributed by atoms with Crippen molar-refractivity contribution >= 4 is 5.82 Å². The first-order chi connectivity index (χ1) is 9.24. The smallest absolute Gasteiger partial charge is 0.131 e. The molecule has 19 heavy (non-hydrogen) atoms. The Labute approximate surface area is 116 Å². The SMILES string of the molecule is CCCOC1CCCN(c2ncc(CN)cc2C)C1. The maximum Gasteiger partial charge on any atom is 0.131 e. The summed E-state index contributed by atoms with van der Waals surface area (Å²) >= 11 is 0. The van der Waals surface area contributed by atoms with Gasteiger partial charge in [0.05, 0.1) is 6.10 Å². The minimum Gasteiger partial charge on any atom is -0.376 e. The molecule has 0 spiro atoms. The van der Waals surface area contributed by atoms with Crippen LogP contribution in [0.5, 0.6) is 0 Å². The molecule has 0 amide bonds. The summed E-state index contributed by atoms with van der Waals surface area (Å²) in [6, 6.07) is 2.14. The topological polar surface area (TPSA) is 51.4 Å². The van der Waals surface area contributed by atoms with E-state index in [1.54, 1.807) is 0 Å². The normalized spacial score (nSPS) is 19.7. The van der Waals surface area contributed by atoms with Crippen molar-refractivity contribution in [3.05, 3.63) is 23.4 Å². The zero-order chi connectivity index (χ0) is 13.7. The van der Waals surface area contributed by atoms with Gasteiger partial charge in [0, 0.05) is 32.4 Å². The lowest BCUT2D eigenvalue weighted by Crippen LogP contribution is -2.40. The summed E-state index contributed by atoms with van der Waals surface area (Å²) in [4.78, 5) is 6.92. The van der Waals surface area contributed by atoms with Gasteiger partial charge in [-0.3, -0.25) is 0 Å². The van der Waals surface area contributed by atoms with Crippen LogP contribution in [0.25, 0.3) is 0 Å². The molecule has 1 aliphatic rings. The lowest BCUT2D eigenvalue weighted by Gasteiger charge is -2.34. The lowest BCUT2D eigenvalue weighted by molar-refractivity contribution is 0.0439. The Morgan fingerprint density at radius 3 is 3.05 bits per heavy atom. The molecule has 1 unspecified atom stereocenters. The number of rotatable bonds is 5. The van der Waals surface area contributed by atoms with Gasteiger partial charge in [-0.25, -0.2) is 4.98 Å². The van der Waals surface area contributed by atoms with Crippen LogP contribution in [0.3, 0.4) is 0 Å². The fourth-order valence-electron chi connectivity index (χ4n) is 2.62. The number of piperidine rings is 1. The Morgan fingerprint density at radius 1 is 1.53 bits per heavy atom. The number of anilines is 1. The van der Waals surface area contributed by atoms with E-state index in [-0.39, 0.29) is 0 Å². The molecule has 0 bridgehead atoms. The number of ether oxygens (including phenoxy) is 1. The molecule has 0 radical (unpaired) electrons. The molecular formula is C15H25N3O. The molecule has 1 atom stereocenters.